The normalized spacial score (nSPS) is 14.8. The predicted molar refractivity (Wildman–Crippen MR) is 64.1 cm³/mol. The van der Waals surface area contributed by atoms with Crippen molar-refractivity contribution in [1.82, 2.24) is 0 Å². The number of hydrogen-bond acceptors (Lipinski definition) is 1. The summed E-state index contributed by atoms with van der Waals surface area (Å²) in [5.74, 6) is 1.54. The van der Waals surface area contributed by atoms with Gasteiger partial charge in [-0.05, 0) is 18.6 Å². The molecule has 0 spiro atoms. The number of alkyl halides is 1. The molecule has 0 amide bonds. The topological polar surface area (TPSA) is 9.23 Å². The fraction of sp³-hybridized carbons (Fsp3) is 0.500. The largest absolute Gasteiger partial charge is 0.493 e. The van der Waals surface area contributed by atoms with Crippen molar-refractivity contribution >= 4 is 15.9 Å². The third-order valence-corrected chi connectivity index (χ3v) is 3.13. The molecule has 1 nitrogen and oxygen atoms in total. The van der Waals surface area contributed by atoms with Crippen molar-refractivity contribution < 1.29 is 4.74 Å². The van der Waals surface area contributed by atoms with E-state index in [-0.39, 0.29) is 0 Å². The van der Waals surface area contributed by atoms with Crippen molar-refractivity contribution in [3.8, 4) is 5.75 Å². The summed E-state index contributed by atoms with van der Waals surface area (Å²) in [6.07, 6.45) is 1.14. The zero-order valence-electron chi connectivity index (χ0n) is 8.74. The maximum atomic E-state index is 5.69. The molecule has 0 aliphatic heterocycles. The number of rotatable bonds is 5. The van der Waals surface area contributed by atoms with Gasteiger partial charge in [0.05, 0.1) is 6.61 Å². The summed E-state index contributed by atoms with van der Waals surface area (Å²) in [5.41, 5.74) is 0. The molecule has 0 heterocycles. The third kappa shape index (κ3) is 3.70. The van der Waals surface area contributed by atoms with Gasteiger partial charge >= 0.3 is 0 Å². The standard InChI is InChI=1S/C12H17BrO/c1-3-11(10(2)13)9-14-12-7-5-4-6-8-12/h4-8,10-11H,3,9H2,1-2H3/t10-,11-/m0/s1. The third-order valence-electron chi connectivity index (χ3n) is 2.38. The van der Waals surface area contributed by atoms with Crippen molar-refractivity contribution in [2.45, 2.75) is 25.1 Å². The van der Waals surface area contributed by atoms with Crippen LogP contribution in [0.1, 0.15) is 20.3 Å². The van der Waals surface area contributed by atoms with E-state index in [1.54, 1.807) is 0 Å². The lowest BCUT2D eigenvalue weighted by Gasteiger charge is -2.18. The summed E-state index contributed by atoms with van der Waals surface area (Å²) in [7, 11) is 0. The molecule has 78 valence electrons. The molecular weight excluding hydrogens is 240 g/mol. The molecule has 1 rings (SSSR count). The highest BCUT2D eigenvalue weighted by Gasteiger charge is 2.12. The molecule has 0 aliphatic rings. The summed E-state index contributed by atoms with van der Waals surface area (Å²) in [5, 5.41) is 0. The Hall–Kier alpha value is -0.500. The van der Waals surface area contributed by atoms with Crippen LogP contribution in [0.4, 0.5) is 0 Å². The van der Waals surface area contributed by atoms with Gasteiger partial charge in [0, 0.05) is 10.7 Å². The molecule has 1 aromatic carbocycles. The Morgan fingerprint density at radius 2 is 1.93 bits per heavy atom. The first-order chi connectivity index (χ1) is 6.74. The van der Waals surface area contributed by atoms with Gasteiger partial charge in [-0.2, -0.15) is 0 Å². The van der Waals surface area contributed by atoms with Crippen LogP contribution in [-0.4, -0.2) is 11.4 Å². The minimum atomic E-state index is 0.510. The monoisotopic (exact) mass is 256 g/mol. The van der Waals surface area contributed by atoms with Crippen molar-refractivity contribution in [3.05, 3.63) is 30.3 Å². The Kier molecular flexibility index (Phi) is 5.02. The van der Waals surface area contributed by atoms with Crippen LogP contribution in [0, 0.1) is 5.92 Å². The molecule has 0 aromatic heterocycles. The molecule has 0 fully saturated rings. The minimum absolute atomic E-state index is 0.510. The predicted octanol–water partition coefficient (Wildman–Crippen LogP) is 3.88. The Balaban J connectivity index is 2.40. The molecule has 0 saturated heterocycles. The van der Waals surface area contributed by atoms with Gasteiger partial charge in [-0.15, -0.1) is 0 Å². The van der Waals surface area contributed by atoms with Crippen molar-refractivity contribution in [2.24, 2.45) is 5.92 Å². The number of benzene rings is 1. The van der Waals surface area contributed by atoms with E-state index in [0.29, 0.717) is 10.7 Å². The molecule has 0 unspecified atom stereocenters. The van der Waals surface area contributed by atoms with E-state index in [1.165, 1.54) is 0 Å². The second kappa shape index (κ2) is 6.07. The zero-order valence-corrected chi connectivity index (χ0v) is 10.3. The van der Waals surface area contributed by atoms with Gasteiger partial charge in [0.1, 0.15) is 5.75 Å². The molecule has 2 atom stereocenters. The maximum absolute atomic E-state index is 5.69. The Morgan fingerprint density at radius 1 is 1.29 bits per heavy atom. The van der Waals surface area contributed by atoms with Crippen LogP contribution >= 0.6 is 15.9 Å². The zero-order chi connectivity index (χ0) is 10.4. The fourth-order valence-electron chi connectivity index (χ4n) is 1.30. The minimum Gasteiger partial charge on any atom is -0.493 e. The van der Waals surface area contributed by atoms with Gasteiger partial charge in [0.25, 0.3) is 0 Å². The molecule has 0 N–H and O–H groups in total. The fourth-order valence-corrected chi connectivity index (χ4v) is 1.82. The highest BCUT2D eigenvalue weighted by atomic mass is 79.9. The van der Waals surface area contributed by atoms with Crippen LogP contribution < -0.4 is 4.74 Å². The van der Waals surface area contributed by atoms with E-state index in [1.807, 2.05) is 30.3 Å². The van der Waals surface area contributed by atoms with Gasteiger partial charge in [0.15, 0.2) is 0 Å². The molecule has 0 saturated carbocycles. The average Bonchev–Trinajstić information content (AvgIpc) is 2.20. The van der Waals surface area contributed by atoms with Crippen molar-refractivity contribution in [3.63, 3.8) is 0 Å². The molecule has 1 aromatic rings. The maximum Gasteiger partial charge on any atom is 0.119 e. The summed E-state index contributed by atoms with van der Waals surface area (Å²) in [6.45, 7) is 5.15. The lowest BCUT2D eigenvalue weighted by molar-refractivity contribution is 0.245. The summed E-state index contributed by atoms with van der Waals surface area (Å²) in [4.78, 5) is 0.510. The van der Waals surface area contributed by atoms with Gasteiger partial charge in [-0.3, -0.25) is 0 Å². The smallest absolute Gasteiger partial charge is 0.119 e. The van der Waals surface area contributed by atoms with Crippen LogP contribution in [0.25, 0.3) is 0 Å². The number of para-hydroxylation sites is 1. The van der Waals surface area contributed by atoms with E-state index in [0.717, 1.165) is 18.8 Å². The van der Waals surface area contributed by atoms with E-state index in [9.17, 15) is 0 Å². The van der Waals surface area contributed by atoms with E-state index < -0.39 is 0 Å². The Labute approximate surface area is 94.6 Å². The second-order valence-electron chi connectivity index (χ2n) is 3.47. The molecule has 0 bridgehead atoms. The van der Waals surface area contributed by atoms with Crippen molar-refractivity contribution in [2.75, 3.05) is 6.61 Å². The highest BCUT2D eigenvalue weighted by molar-refractivity contribution is 9.09. The van der Waals surface area contributed by atoms with Crippen molar-refractivity contribution in [1.29, 1.82) is 0 Å². The van der Waals surface area contributed by atoms with Gasteiger partial charge in [-0.1, -0.05) is 48.0 Å². The quantitative estimate of drug-likeness (QED) is 0.727. The van der Waals surface area contributed by atoms with Gasteiger partial charge in [0.2, 0.25) is 0 Å². The highest BCUT2D eigenvalue weighted by Crippen LogP contribution is 2.18. The van der Waals surface area contributed by atoms with Gasteiger partial charge in [-0.25, -0.2) is 0 Å². The van der Waals surface area contributed by atoms with Crippen LogP contribution in [0.2, 0.25) is 0 Å². The number of hydrogen-bond donors (Lipinski definition) is 0. The number of halogens is 1. The van der Waals surface area contributed by atoms with Crippen LogP contribution in [-0.2, 0) is 0 Å². The molecule has 0 aliphatic carbocycles. The second-order valence-corrected chi connectivity index (χ2v) is 4.91. The first kappa shape index (κ1) is 11.6. The van der Waals surface area contributed by atoms with E-state index in [4.69, 9.17) is 4.74 Å². The van der Waals surface area contributed by atoms with Crippen LogP contribution in [0.5, 0.6) is 5.75 Å². The molecule has 2 heteroatoms. The lowest BCUT2D eigenvalue weighted by atomic mass is 10.1. The summed E-state index contributed by atoms with van der Waals surface area (Å²) < 4.78 is 5.69. The molecule has 0 radical (unpaired) electrons. The number of ether oxygens (including phenoxy) is 1. The molecule has 14 heavy (non-hydrogen) atoms. The summed E-state index contributed by atoms with van der Waals surface area (Å²) in [6, 6.07) is 9.97. The van der Waals surface area contributed by atoms with Crippen LogP contribution in [0.15, 0.2) is 30.3 Å². The average molecular weight is 257 g/mol. The molecular formula is C12H17BrO. The van der Waals surface area contributed by atoms with Crippen LogP contribution in [0.3, 0.4) is 0 Å². The van der Waals surface area contributed by atoms with Gasteiger partial charge < -0.3 is 4.74 Å². The van der Waals surface area contributed by atoms with E-state index in [2.05, 4.69) is 29.8 Å². The SMILES string of the molecule is CC[C@@H](COc1ccccc1)[C@H](C)Br. The summed E-state index contributed by atoms with van der Waals surface area (Å²) >= 11 is 3.59. The van der Waals surface area contributed by atoms with E-state index >= 15 is 0 Å². The first-order valence-electron chi connectivity index (χ1n) is 5.06. The Morgan fingerprint density at radius 3 is 2.43 bits per heavy atom. The lowest BCUT2D eigenvalue weighted by Crippen LogP contribution is -2.18. The Bertz CT molecular complexity index is 246. The first-order valence-corrected chi connectivity index (χ1v) is 5.97.